The smallest absolute Gasteiger partial charge is 0.329 e. The molecule has 9 aromatic rings. The molecular weight excluding hydrogens is 2150 g/mol. The standard InChI is InChI=1S/C14H21N3O3S.C13H16N2O4S.C13H18N2O3S.C12H15N3O3S2.C12H14N2O3S2.C10H12F2N2O3S.C10H21N3O3S.C10H20N2O3S/c1-11(2)15-14(18)16-21(19,20)13-7-5-12(6-8-13)17-9-3-4-10-17;1-13(2,3)14-12(16)15-20(17,18)10-5-4-9-6-7-19-11(9)8-10;1-9(2)14-13(16)15-19(17,18)12-7-6-10-4-3-5-11(10)8-12;1-12(2,3)14-11(16)15-20(17,18)8-4-5-9-10(6-8)19-7-13-9;1-8(2)13-12(15)14-19(16,17)10-4-3-9-5-6-18-11(9)7-10;1-6(2)13-10(15)14-18(16,17)7-3-4-8(11)9(12)5-7;1-9(2)11-10(14)12-17(15,16)13-7-5-3-4-6-8-13;1-8(2)11-10(13)12-16(14,15)9-6-4-3-5-7-9/h5-8,11H,3-4,9-10H2,1-2H3,(H2,15,16,18);4-8H,1-3H3,(H2,14,15,16);6-9H,3-5H2,1-2H3,(H2,14,15,16);4-7H,1-3H3,(H2,14,15,16);3-8H,1-2H3,(H2,13,14,15);3-6H,1-2H3,(H2,13,14,15);9H,3-8H2,1-2H3,(H2,11,12,14);8-9H,3-7H2,1-2H3,(H2,11,12,13). The summed E-state index contributed by atoms with van der Waals surface area (Å²) in [7, 11) is -30.6. The van der Waals surface area contributed by atoms with Crippen LogP contribution < -0.4 is 85.2 Å². The third kappa shape index (κ3) is 44.2. The van der Waals surface area contributed by atoms with E-state index in [0.717, 1.165) is 133 Å². The average molecular weight is 2290 g/mol. The SMILES string of the molecule is CC(C)(C)NC(=O)NS(=O)(=O)c1ccc2ccoc2c1.CC(C)(C)NC(=O)NS(=O)(=O)c1ccc2ncsc2c1.CC(C)NC(=O)NS(=O)(=O)C1CCCCC1.CC(C)NC(=O)NS(=O)(=O)N1CCCCCC1.CC(C)NC(=O)NS(=O)(=O)c1ccc(F)c(F)c1.CC(C)NC(=O)NS(=O)(=O)c1ccc(N2CCCC2)cc1.CC(C)NC(=O)NS(=O)(=O)c1ccc2c(c1)CCC2.CC(C)NC(=O)NS(=O)(=O)c1ccc2ccsc2c1. The number of fused-ring (bicyclic) bond motifs is 4. The van der Waals surface area contributed by atoms with E-state index in [1.165, 1.54) is 81.3 Å². The molecule has 1 saturated carbocycles. The van der Waals surface area contributed by atoms with Gasteiger partial charge in [0.05, 0.1) is 56.6 Å². The Hall–Kier alpha value is -11.9. The Kier molecular flexibility index (Phi) is 47.7. The normalized spacial score (nSPS) is 14.2. The molecule has 0 bridgehead atoms. The number of carbonyl (C=O) groups is 8. The lowest BCUT2D eigenvalue weighted by Crippen LogP contribution is -2.49. The third-order valence-electron chi connectivity index (χ3n) is 20.5. The van der Waals surface area contributed by atoms with Gasteiger partial charge in [-0.15, -0.1) is 22.7 Å². The second-order valence-electron chi connectivity index (χ2n) is 38.4. The van der Waals surface area contributed by atoms with Gasteiger partial charge >= 0.3 is 58.5 Å². The molecule has 0 atom stereocenters. The van der Waals surface area contributed by atoms with Crippen LogP contribution >= 0.6 is 22.7 Å². The molecule has 5 heterocycles. The van der Waals surface area contributed by atoms with Crippen molar-refractivity contribution in [1.29, 1.82) is 0 Å². The van der Waals surface area contributed by atoms with Gasteiger partial charge < -0.3 is 51.9 Å². The number of carbonyl (C=O) groups excluding carboxylic acids is 8. The van der Waals surface area contributed by atoms with E-state index in [-0.39, 0.29) is 60.7 Å². The van der Waals surface area contributed by atoms with Crippen LogP contribution in [-0.4, -0.2) is 204 Å². The summed E-state index contributed by atoms with van der Waals surface area (Å²) in [5.74, 6) is -2.47. The van der Waals surface area contributed by atoms with Gasteiger partial charge in [-0.05, 0) is 314 Å². The van der Waals surface area contributed by atoms with Crippen LogP contribution in [0.1, 0.15) is 213 Å². The van der Waals surface area contributed by atoms with Crippen molar-refractivity contribution in [2.45, 2.75) is 296 Å². The topological polar surface area (TPSA) is 635 Å². The summed E-state index contributed by atoms with van der Waals surface area (Å²) in [6.45, 7) is 34.5. The molecule has 3 aromatic heterocycles. The van der Waals surface area contributed by atoms with Crippen molar-refractivity contribution >= 4 is 188 Å². The molecule has 4 aliphatic rings. The number of furan rings is 1. The number of nitrogens with one attached hydrogen (secondary N) is 16. The highest BCUT2D eigenvalue weighted by molar-refractivity contribution is 7.92. The lowest BCUT2D eigenvalue weighted by Gasteiger charge is -2.22. The van der Waals surface area contributed by atoms with E-state index in [9.17, 15) is 114 Å². The monoisotopic (exact) mass is 2290 g/mol. The van der Waals surface area contributed by atoms with Gasteiger partial charge in [0.15, 0.2) is 11.6 Å². The Bertz CT molecular complexity index is 6980. The summed E-state index contributed by atoms with van der Waals surface area (Å²) in [6, 6.07) is 24.4. The van der Waals surface area contributed by atoms with Crippen molar-refractivity contribution in [3.05, 3.63) is 167 Å². The molecule has 56 heteroatoms. The minimum absolute atomic E-state index is 0.0241. The van der Waals surface area contributed by atoms with E-state index >= 15 is 0 Å². The maximum atomic E-state index is 12.9. The van der Waals surface area contributed by atoms with E-state index in [0.29, 0.717) is 43.6 Å². The zero-order chi connectivity index (χ0) is 112. The first-order valence-corrected chi connectivity index (χ1v) is 61.3. The molecule has 150 heavy (non-hydrogen) atoms. The number of amides is 16. The van der Waals surface area contributed by atoms with Gasteiger partial charge in [0.2, 0.25) is 10.0 Å². The summed E-state index contributed by atoms with van der Waals surface area (Å²) in [5.41, 5.74) is 5.06. The highest BCUT2D eigenvalue weighted by atomic mass is 32.2. The number of aryl methyl sites for hydroxylation is 2. The highest BCUT2D eigenvalue weighted by Crippen LogP contribution is 2.30. The summed E-state index contributed by atoms with van der Waals surface area (Å²) in [4.78, 5) is 97.7. The van der Waals surface area contributed by atoms with Gasteiger partial charge in [-0.3, -0.25) is 0 Å². The first-order valence-electron chi connectivity index (χ1n) is 47.7. The number of anilines is 1. The number of benzene rings is 6. The van der Waals surface area contributed by atoms with E-state index in [4.69, 9.17) is 4.42 Å². The molecule has 0 spiro atoms. The lowest BCUT2D eigenvalue weighted by atomic mass is 10.0. The highest BCUT2D eigenvalue weighted by Gasteiger charge is 2.32. The Morgan fingerprint density at radius 3 is 1.17 bits per heavy atom. The van der Waals surface area contributed by atoms with Gasteiger partial charge in [0.1, 0.15) is 5.58 Å². The Morgan fingerprint density at radius 2 is 0.720 bits per heavy atom. The Morgan fingerprint density at radius 1 is 0.353 bits per heavy atom. The summed E-state index contributed by atoms with van der Waals surface area (Å²) in [5, 5.41) is 23.1. The van der Waals surface area contributed by atoms with Crippen LogP contribution in [0.25, 0.3) is 31.3 Å². The second kappa shape index (κ2) is 56.4. The molecular formula is C94H137F2N19O25S10. The van der Waals surface area contributed by atoms with Gasteiger partial charge in [0, 0.05) is 95.3 Å². The molecule has 16 N–H and O–H groups in total. The number of halogens is 2. The molecule has 16 amide bonds. The maximum absolute atomic E-state index is 12.9. The first kappa shape index (κ1) is 127. The number of hydrogen-bond acceptors (Lipinski definition) is 29. The number of thiazole rings is 1. The zero-order valence-corrected chi connectivity index (χ0v) is 94.7. The van der Waals surface area contributed by atoms with E-state index < -0.39 is 161 Å². The van der Waals surface area contributed by atoms with Crippen LogP contribution in [0, 0.1) is 11.6 Å². The quantitative estimate of drug-likeness (QED) is 0.0283. The van der Waals surface area contributed by atoms with Gasteiger partial charge in [-0.2, -0.15) is 12.7 Å². The van der Waals surface area contributed by atoms with Crippen molar-refractivity contribution < 1.29 is 119 Å². The molecule has 2 aliphatic heterocycles. The second-order valence-corrected chi connectivity index (χ2v) is 54.0. The van der Waals surface area contributed by atoms with Crippen LogP contribution in [0.3, 0.4) is 0 Å². The van der Waals surface area contributed by atoms with Crippen LogP contribution in [0.5, 0.6) is 0 Å². The summed E-state index contributed by atoms with van der Waals surface area (Å²) < 4.78 is 241. The fourth-order valence-electron chi connectivity index (χ4n) is 14.0. The maximum Gasteiger partial charge on any atom is 0.329 e. The molecule has 13 rings (SSSR count). The van der Waals surface area contributed by atoms with E-state index in [1.54, 1.807) is 189 Å². The van der Waals surface area contributed by atoms with Crippen molar-refractivity contribution in [3.63, 3.8) is 0 Å². The van der Waals surface area contributed by atoms with Crippen LogP contribution in [-0.2, 0) is 93.2 Å². The largest absolute Gasteiger partial charge is 0.464 e. The number of rotatable bonds is 23. The molecule has 2 saturated heterocycles. The number of thiophene rings is 1. The molecule has 2 aliphatic carbocycles. The Labute approximate surface area is 885 Å². The molecule has 6 aromatic carbocycles. The minimum Gasteiger partial charge on any atom is -0.464 e. The van der Waals surface area contributed by atoms with Crippen LogP contribution in [0.4, 0.5) is 52.8 Å². The predicted octanol–water partition coefficient (Wildman–Crippen LogP) is 13.4. The van der Waals surface area contributed by atoms with Crippen LogP contribution in [0.15, 0.2) is 178 Å². The lowest BCUT2D eigenvalue weighted by molar-refractivity contribution is 0.236. The number of sulfonamides is 7. The summed E-state index contributed by atoms with van der Waals surface area (Å²) >= 11 is 2.80. The number of urea groups is 8. The minimum atomic E-state index is -4.21. The molecule has 0 radical (unpaired) electrons. The van der Waals surface area contributed by atoms with Crippen molar-refractivity contribution in [1.82, 2.24) is 89.6 Å². The van der Waals surface area contributed by atoms with Crippen molar-refractivity contribution in [2.75, 3.05) is 31.1 Å². The van der Waals surface area contributed by atoms with Crippen LogP contribution in [0.2, 0.25) is 0 Å². The number of hydrogen-bond donors (Lipinski definition) is 16. The van der Waals surface area contributed by atoms with E-state index in [2.05, 4.69) is 57.1 Å². The van der Waals surface area contributed by atoms with Gasteiger partial charge in [-0.1, -0.05) is 44.2 Å². The number of nitrogens with zero attached hydrogens (tertiary/aromatic N) is 3. The van der Waals surface area contributed by atoms with Gasteiger partial charge in [0.25, 0.3) is 60.1 Å². The Balaban J connectivity index is 0.000000262. The van der Waals surface area contributed by atoms with Gasteiger partial charge in [-0.25, -0.2) is 149 Å². The molecule has 44 nitrogen and oxygen atoms in total. The van der Waals surface area contributed by atoms with Crippen molar-refractivity contribution in [2.24, 2.45) is 0 Å². The zero-order valence-electron chi connectivity index (χ0n) is 86.5. The van der Waals surface area contributed by atoms with Crippen molar-refractivity contribution in [3.8, 4) is 0 Å². The molecule has 832 valence electrons. The van der Waals surface area contributed by atoms with E-state index in [1.807, 2.05) is 45.8 Å². The summed E-state index contributed by atoms with van der Waals surface area (Å²) in [6.07, 6.45) is 14.8. The molecule has 0 unspecified atom stereocenters. The molecule has 3 fully saturated rings. The first-order chi connectivity index (χ1) is 69.5. The fourth-order valence-corrected chi connectivity index (χ4v) is 23.9. The number of aromatic nitrogens is 1. The predicted molar refractivity (Wildman–Crippen MR) is 572 cm³/mol. The third-order valence-corrected chi connectivity index (χ3v) is 33.5. The average Bonchev–Trinajstić information content (AvgIpc) is 1.62. The fraction of sp³-hybridized carbons (Fsp3) is 0.479.